The quantitative estimate of drug-likeness (QED) is 0.541. The lowest BCUT2D eigenvalue weighted by Crippen LogP contribution is -1.70. The molecule has 1 aromatic rings. The zero-order chi connectivity index (χ0) is 13.8. The maximum absolute atomic E-state index is 2.16. The summed E-state index contributed by atoms with van der Waals surface area (Å²) in [4.78, 5) is 0. The molecule has 98 valence electrons. The first-order chi connectivity index (χ1) is 8.68. The van der Waals surface area contributed by atoms with Crippen molar-refractivity contribution in [3.05, 3.63) is 71.3 Å². The van der Waals surface area contributed by atoms with Crippen molar-refractivity contribution in [2.45, 2.75) is 41.0 Å². The highest BCUT2D eigenvalue weighted by Crippen LogP contribution is 2.03. The van der Waals surface area contributed by atoms with Gasteiger partial charge in [0.1, 0.15) is 0 Å². The van der Waals surface area contributed by atoms with Gasteiger partial charge in [0.05, 0.1) is 0 Å². The van der Waals surface area contributed by atoms with Crippen molar-refractivity contribution >= 4 is 0 Å². The Hall–Kier alpha value is -1.56. The van der Waals surface area contributed by atoms with E-state index in [4.69, 9.17) is 0 Å². The molecule has 18 heavy (non-hydrogen) atoms. The Kier molecular flexibility index (Phi) is 9.67. The number of aryl methyl sites for hydroxylation is 2. The summed E-state index contributed by atoms with van der Waals surface area (Å²) in [5.74, 6) is 0. The van der Waals surface area contributed by atoms with Crippen LogP contribution in [0.25, 0.3) is 0 Å². The highest BCUT2D eigenvalue weighted by atomic mass is 13.9. The third-order valence-electron chi connectivity index (χ3n) is 2.40. The molecule has 0 aliphatic heterocycles. The third kappa shape index (κ3) is 8.58. The zero-order valence-electron chi connectivity index (χ0n) is 12.4. The topological polar surface area (TPSA) is 0 Å². The predicted molar refractivity (Wildman–Crippen MR) is 83.9 cm³/mol. The van der Waals surface area contributed by atoms with Crippen molar-refractivity contribution in [2.75, 3.05) is 0 Å². The first kappa shape index (κ1) is 16.4. The van der Waals surface area contributed by atoms with Gasteiger partial charge in [0.15, 0.2) is 0 Å². The second-order valence-corrected chi connectivity index (χ2v) is 4.18. The van der Waals surface area contributed by atoms with Gasteiger partial charge >= 0.3 is 0 Å². The highest BCUT2D eigenvalue weighted by molar-refractivity contribution is 5.21. The van der Waals surface area contributed by atoms with Crippen LogP contribution in [0.15, 0.2) is 60.2 Å². The molecule has 0 spiro atoms. The molecule has 1 aliphatic carbocycles. The minimum Gasteiger partial charge on any atom is -0.0805 e. The van der Waals surface area contributed by atoms with Gasteiger partial charge in [-0.15, -0.1) is 0 Å². The number of rotatable bonds is 0. The van der Waals surface area contributed by atoms with Crippen LogP contribution in [0.3, 0.4) is 0 Å². The van der Waals surface area contributed by atoms with Gasteiger partial charge in [0.25, 0.3) is 0 Å². The van der Waals surface area contributed by atoms with Gasteiger partial charge in [0.2, 0.25) is 0 Å². The molecule has 0 aromatic heterocycles. The summed E-state index contributed by atoms with van der Waals surface area (Å²) in [6, 6.07) is 8.48. The molecule has 0 heteroatoms. The smallest absolute Gasteiger partial charge is 0.0135 e. The monoisotopic (exact) mass is 242 g/mol. The molecule has 0 nitrogen and oxygen atoms in total. The fourth-order valence-corrected chi connectivity index (χ4v) is 1.32. The van der Waals surface area contributed by atoms with Crippen LogP contribution in [0.4, 0.5) is 0 Å². The minimum absolute atomic E-state index is 1.10. The van der Waals surface area contributed by atoms with Crippen LogP contribution in [0.2, 0.25) is 0 Å². The van der Waals surface area contributed by atoms with E-state index in [2.05, 4.69) is 75.4 Å². The van der Waals surface area contributed by atoms with E-state index in [-0.39, 0.29) is 0 Å². The second kappa shape index (κ2) is 10.6. The molecule has 0 N–H and O–H groups in total. The standard InChI is InChI=1S/2C8H10.C2H6/c1-7-3-5-8(2)6-4-7;1-8-6-4-2-3-5-7-8;1-2/h3-6H,1-2H3;2-6H,7H2,1H3;1-2H3. The van der Waals surface area contributed by atoms with E-state index in [1.807, 2.05) is 13.8 Å². The van der Waals surface area contributed by atoms with E-state index in [1.165, 1.54) is 16.7 Å². The largest absolute Gasteiger partial charge is 0.0805 e. The van der Waals surface area contributed by atoms with Crippen LogP contribution in [0, 0.1) is 13.8 Å². The van der Waals surface area contributed by atoms with Crippen LogP contribution >= 0.6 is 0 Å². The van der Waals surface area contributed by atoms with Crippen LogP contribution in [-0.4, -0.2) is 0 Å². The van der Waals surface area contributed by atoms with Crippen molar-refractivity contribution in [3.63, 3.8) is 0 Å². The minimum atomic E-state index is 1.10. The molecule has 0 atom stereocenters. The molecule has 1 aromatic carbocycles. The fourth-order valence-electron chi connectivity index (χ4n) is 1.32. The van der Waals surface area contributed by atoms with E-state index >= 15 is 0 Å². The predicted octanol–water partition coefficient (Wildman–Crippen LogP) is 5.78. The Morgan fingerprint density at radius 1 is 0.722 bits per heavy atom. The molecule has 1 aliphatic rings. The van der Waals surface area contributed by atoms with E-state index < -0.39 is 0 Å². The summed E-state index contributed by atoms with van der Waals surface area (Å²) in [6.07, 6.45) is 11.6. The lowest BCUT2D eigenvalue weighted by molar-refractivity contribution is 1.22. The summed E-state index contributed by atoms with van der Waals surface area (Å²) in [5, 5.41) is 0. The first-order valence-corrected chi connectivity index (χ1v) is 6.71. The van der Waals surface area contributed by atoms with Gasteiger partial charge in [-0.2, -0.15) is 0 Å². The number of benzene rings is 1. The van der Waals surface area contributed by atoms with E-state index in [0.29, 0.717) is 0 Å². The average molecular weight is 242 g/mol. The summed E-state index contributed by atoms with van der Waals surface area (Å²) in [5.41, 5.74) is 4.08. The van der Waals surface area contributed by atoms with Crippen molar-refractivity contribution in [3.8, 4) is 0 Å². The van der Waals surface area contributed by atoms with Crippen LogP contribution < -0.4 is 0 Å². The van der Waals surface area contributed by atoms with Crippen molar-refractivity contribution in [2.24, 2.45) is 0 Å². The first-order valence-electron chi connectivity index (χ1n) is 6.71. The normalized spacial score (nSPS) is 12.4. The lowest BCUT2D eigenvalue weighted by atomic mass is 10.2. The molecule has 0 fully saturated rings. The molecule has 2 rings (SSSR count). The molecular formula is C18H26. The van der Waals surface area contributed by atoms with Crippen molar-refractivity contribution in [1.29, 1.82) is 0 Å². The molecular weight excluding hydrogens is 216 g/mol. The van der Waals surface area contributed by atoms with Gasteiger partial charge in [-0.3, -0.25) is 0 Å². The Morgan fingerprint density at radius 2 is 1.22 bits per heavy atom. The molecule has 0 unspecified atom stereocenters. The fraction of sp³-hybridized carbons (Fsp3) is 0.333. The molecule has 0 radical (unpaired) electrons. The van der Waals surface area contributed by atoms with Crippen molar-refractivity contribution in [1.82, 2.24) is 0 Å². The van der Waals surface area contributed by atoms with Gasteiger partial charge in [-0.05, 0) is 27.2 Å². The molecule has 0 saturated carbocycles. The second-order valence-electron chi connectivity index (χ2n) is 4.18. The number of hydrogen-bond donors (Lipinski definition) is 0. The van der Waals surface area contributed by atoms with E-state index in [9.17, 15) is 0 Å². The third-order valence-corrected chi connectivity index (χ3v) is 2.40. The molecule has 0 bridgehead atoms. The molecule has 0 amide bonds. The average Bonchev–Trinajstić information content (AvgIpc) is 2.64. The van der Waals surface area contributed by atoms with Crippen LogP contribution in [0.1, 0.15) is 38.3 Å². The van der Waals surface area contributed by atoms with Gasteiger partial charge in [0, 0.05) is 0 Å². The maximum Gasteiger partial charge on any atom is -0.0135 e. The van der Waals surface area contributed by atoms with Crippen LogP contribution in [0.5, 0.6) is 0 Å². The lowest BCUT2D eigenvalue weighted by Gasteiger charge is -1.90. The van der Waals surface area contributed by atoms with E-state index in [1.54, 1.807) is 0 Å². The Morgan fingerprint density at radius 3 is 1.72 bits per heavy atom. The SMILES string of the molecule is CC.CC1=CC=CC=CC1.Cc1ccc(C)cc1. The Labute approximate surface area is 113 Å². The highest BCUT2D eigenvalue weighted by Gasteiger charge is 1.83. The summed E-state index contributed by atoms with van der Waals surface area (Å²) >= 11 is 0. The Bertz CT molecular complexity index is 368. The summed E-state index contributed by atoms with van der Waals surface area (Å²) in [6.45, 7) is 10.3. The summed E-state index contributed by atoms with van der Waals surface area (Å²) in [7, 11) is 0. The van der Waals surface area contributed by atoms with E-state index in [0.717, 1.165) is 6.42 Å². The van der Waals surface area contributed by atoms with Crippen LogP contribution in [-0.2, 0) is 0 Å². The maximum atomic E-state index is 2.16. The van der Waals surface area contributed by atoms with Gasteiger partial charge < -0.3 is 0 Å². The van der Waals surface area contributed by atoms with Gasteiger partial charge in [-0.1, -0.05) is 85.2 Å². The molecule has 0 saturated heterocycles. The zero-order valence-corrected chi connectivity index (χ0v) is 12.4. The Balaban J connectivity index is 0.000000283. The molecule has 0 heterocycles. The van der Waals surface area contributed by atoms with Gasteiger partial charge in [-0.25, -0.2) is 0 Å². The number of allylic oxidation sites excluding steroid dienone is 6. The number of hydrogen-bond acceptors (Lipinski definition) is 0. The van der Waals surface area contributed by atoms with Crippen molar-refractivity contribution < 1.29 is 0 Å². The summed E-state index contributed by atoms with van der Waals surface area (Å²) < 4.78 is 0.